The first kappa shape index (κ1) is 18.1. The first-order chi connectivity index (χ1) is 10.3. The zero-order valence-corrected chi connectivity index (χ0v) is 17.7. The van der Waals surface area contributed by atoms with Crippen LogP contribution in [0.2, 0.25) is 16.6 Å². The average molecular weight is 400 g/mol. The van der Waals surface area contributed by atoms with Gasteiger partial charge in [0.1, 0.15) is 0 Å². The Morgan fingerprint density at radius 2 is 1.73 bits per heavy atom. The lowest BCUT2D eigenvalue weighted by Crippen LogP contribution is -2.47. The second kappa shape index (κ2) is 7.12. The molecule has 0 fully saturated rings. The fourth-order valence-corrected chi connectivity index (χ4v) is 10.7. The molecule has 0 amide bonds. The van der Waals surface area contributed by atoms with Crippen molar-refractivity contribution < 1.29 is 4.43 Å². The highest BCUT2D eigenvalue weighted by Gasteiger charge is 2.45. The summed E-state index contributed by atoms with van der Waals surface area (Å²) >= 11 is 5.31. The van der Waals surface area contributed by atoms with Gasteiger partial charge in [0.15, 0.2) is 0 Å². The number of rotatable bonds is 6. The Morgan fingerprint density at radius 1 is 1.14 bits per heavy atom. The molecule has 2 aromatic heterocycles. The minimum atomic E-state index is -1.82. The third-order valence-corrected chi connectivity index (χ3v) is 12.6. The van der Waals surface area contributed by atoms with Crippen LogP contribution in [0.1, 0.15) is 47.2 Å². The fourth-order valence-electron chi connectivity index (χ4n) is 3.71. The molecular formula is C17H26BrNOSSi. The summed E-state index contributed by atoms with van der Waals surface area (Å²) in [5, 5.41) is 3.31. The average Bonchev–Trinajstić information content (AvgIpc) is 2.79. The molecule has 0 aliphatic rings. The second-order valence-electron chi connectivity index (χ2n) is 6.86. The summed E-state index contributed by atoms with van der Waals surface area (Å²) < 4.78 is 9.02. The van der Waals surface area contributed by atoms with E-state index in [-0.39, 0.29) is 0 Å². The summed E-state index contributed by atoms with van der Waals surface area (Å²) in [4.78, 5) is 4.59. The van der Waals surface area contributed by atoms with E-state index in [1.165, 1.54) is 10.1 Å². The summed E-state index contributed by atoms with van der Waals surface area (Å²) in [6.45, 7) is 14.5. The van der Waals surface area contributed by atoms with E-state index in [0.717, 1.165) is 10.2 Å². The molecule has 0 atom stereocenters. The molecule has 2 heterocycles. The Kier molecular flexibility index (Phi) is 5.86. The van der Waals surface area contributed by atoms with Gasteiger partial charge in [-0.15, -0.1) is 11.3 Å². The zero-order valence-electron chi connectivity index (χ0n) is 14.3. The third kappa shape index (κ3) is 3.32. The lowest BCUT2D eigenvalue weighted by molar-refractivity contribution is 0.262. The molecular weight excluding hydrogens is 374 g/mol. The standard InChI is InChI=1S/C17H26BrNOSSi/c1-11(2)22(12(3)4,13(5)6)20-9-14-7-17-15(8-19-14)16(18)10-21-17/h7-8,10-13H,9H2,1-6H3. The van der Waals surface area contributed by atoms with Crippen molar-refractivity contribution in [1.82, 2.24) is 4.98 Å². The van der Waals surface area contributed by atoms with Crippen molar-refractivity contribution in [2.75, 3.05) is 0 Å². The molecule has 0 saturated carbocycles. The van der Waals surface area contributed by atoms with Crippen molar-refractivity contribution in [3.63, 3.8) is 0 Å². The largest absolute Gasteiger partial charge is 0.410 e. The van der Waals surface area contributed by atoms with Crippen LogP contribution >= 0.6 is 27.3 Å². The predicted molar refractivity (Wildman–Crippen MR) is 103 cm³/mol. The first-order valence-corrected chi connectivity index (χ1v) is 11.8. The van der Waals surface area contributed by atoms with Gasteiger partial charge in [-0.3, -0.25) is 4.98 Å². The normalized spacial score (nSPS) is 13.0. The van der Waals surface area contributed by atoms with Crippen LogP contribution in [0.5, 0.6) is 0 Å². The molecule has 0 aliphatic carbocycles. The molecule has 0 radical (unpaired) electrons. The van der Waals surface area contributed by atoms with E-state index in [2.05, 4.69) is 73.9 Å². The van der Waals surface area contributed by atoms with Crippen LogP contribution in [0.4, 0.5) is 0 Å². The Hall–Kier alpha value is -0.233. The highest BCUT2D eigenvalue weighted by atomic mass is 79.9. The van der Waals surface area contributed by atoms with Gasteiger partial charge in [0.2, 0.25) is 8.32 Å². The van der Waals surface area contributed by atoms with Crippen molar-refractivity contribution in [1.29, 1.82) is 0 Å². The summed E-state index contributed by atoms with van der Waals surface area (Å²) in [5.41, 5.74) is 2.85. The van der Waals surface area contributed by atoms with Gasteiger partial charge in [-0.25, -0.2) is 0 Å². The molecule has 0 bridgehead atoms. The number of fused-ring (bicyclic) bond motifs is 1. The van der Waals surface area contributed by atoms with Crippen molar-refractivity contribution >= 4 is 45.7 Å². The Bertz CT molecular complexity index is 617. The van der Waals surface area contributed by atoms with Crippen molar-refractivity contribution in [2.45, 2.75) is 64.8 Å². The van der Waals surface area contributed by atoms with Crippen molar-refractivity contribution in [3.8, 4) is 0 Å². The van der Waals surface area contributed by atoms with Gasteiger partial charge < -0.3 is 4.43 Å². The van der Waals surface area contributed by atoms with Crippen molar-refractivity contribution in [2.24, 2.45) is 0 Å². The Balaban J connectivity index is 2.23. The smallest absolute Gasteiger partial charge is 0.200 e. The van der Waals surface area contributed by atoms with Crippen LogP contribution in [-0.2, 0) is 11.0 Å². The maximum absolute atomic E-state index is 6.63. The molecule has 0 N–H and O–H groups in total. The van der Waals surface area contributed by atoms with Gasteiger partial charge in [0, 0.05) is 26.1 Å². The number of halogens is 1. The van der Waals surface area contributed by atoms with Crippen LogP contribution in [-0.4, -0.2) is 13.3 Å². The van der Waals surface area contributed by atoms with Gasteiger partial charge in [0.05, 0.1) is 12.3 Å². The van der Waals surface area contributed by atoms with Crippen molar-refractivity contribution in [3.05, 3.63) is 27.8 Å². The number of aromatic nitrogens is 1. The van der Waals surface area contributed by atoms with E-state index in [9.17, 15) is 0 Å². The number of hydrogen-bond acceptors (Lipinski definition) is 3. The fraction of sp³-hybridized carbons (Fsp3) is 0.588. The minimum Gasteiger partial charge on any atom is -0.410 e. The molecule has 0 saturated heterocycles. The number of hydrogen-bond donors (Lipinski definition) is 0. The maximum atomic E-state index is 6.63. The lowest BCUT2D eigenvalue weighted by atomic mass is 10.3. The lowest BCUT2D eigenvalue weighted by Gasteiger charge is -2.42. The van der Waals surface area contributed by atoms with Crippen LogP contribution in [0.15, 0.2) is 22.1 Å². The van der Waals surface area contributed by atoms with E-state index < -0.39 is 8.32 Å². The summed E-state index contributed by atoms with van der Waals surface area (Å²) in [6.07, 6.45) is 1.96. The molecule has 2 aromatic rings. The van der Waals surface area contributed by atoms with E-state index in [0.29, 0.717) is 23.2 Å². The van der Waals surface area contributed by atoms with Gasteiger partial charge in [-0.1, -0.05) is 41.5 Å². The van der Waals surface area contributed by atoms with E-state index in [1.807, 2.05) is 6.20 Å². The van der Waals surface area contributed by atoms with E-state index in [4.69, 9.17) is 4.43 Å². The topological polar surface area (TPSA) is 22.1 Å². The summed E-state index contributed by atoms with van der Waals surface area (Å²) in [7, 11) is -1.82. The quantitative estimate of drug-likeness (QED) is 0.500. The van der Waals surface area contributed by atoms with Crippen LogP contribution in [0, 0.1) is 0 Å². The van der Waals surface area contributed by atoms with Gasteiger partial charge in [-0.2, -0.15) is 0 Å². The van der Waals surface area contributed by atoms with E-state index >= 15 is 0 Å². The molecule has 22 heavy (non-hydrogen) atoms. The first-order valence-electron chi connectivity index (χ1n) is 7.94. The summed E-state index contributed by atoms with van der Waals surface area (Å²) in [5.74, 6) is 0. The second-order valence-corrected chi connectivity index (χ2v) is 14.1. The molecule has 0 aliphatic heterocycles. The molecule has 0 spiro atoms. The SMILES string of the molecule is CC(C)[Si](OCc1cc2scc(Br)c2cn1)(C(C)C)C(C)C. The van der Waals surface area contributed by atoms with Crippen LogP contribution in [0.3, 0.4) is 0 Å². The molecule has 0 unspecified atom stereocenters. The summed E-state index contributed by atoms with van der Waals surface area (Å²) in [6, 6.07) is 2.17. The van der Waals surface area contributed by atoms with Gasteiger partial charge in [0.25, 0.3) is 0 Å². The molecule has 0 aromatic carbocycles. The third-order valence-electron chi connectivity index (χ3n) is 4.65. The zero-order chi connectivity index (χ0) is 16.5. The van der Waals surface area contributed by atoms with E-state index in [1.54, 1.807) is 11.3 Å². The Labute approximate surface area is 147 Å². The van der Waals surface area contributed by atoms with Gasteiger partial charge >= 0.3 is 0 Å². The van der Waals surface area contributed by atoms with Crippen LogP contribution < -0.4 is 0 Å². The number of thiophene rings is 1. The molecule has 2 nitrogen and oxygen atoms in total. The predicted octanol–water partition coefficient (Wildman–Crippen LogP) is 6.75. The monoisotopic (exact) mass is 399 g/mol. The van der Waals surface area contributed by atoms with Gasteiger partial charge in [-0.05, 0) is 38.6 Å². The maximum Gasteiger partial charge on any atom is 0.200 e. The Morgan fingerprint density at radius 3 is 2.27 bits per heavy atom. The number of pyridine rings is 1. The molecule has 122 valence electrons. The minimum absolute atomic E-state index is 0.604. The highest BCUT2D eigenvalue weighted by Crippen LogP contribution is 2.42. The number of nitrogens with zero attached hydrogens (tertiary/aromatic N) is 1. The van der Waals surface area contributed by atoms with Crippen LogP contribution in [0.25, 0.3) is 10.1 Å². The molecule has 2 rings (SSSR count). The molecule has 5 heteroatoms. The highest BCUT2D eigenvalue weighted by molar-refractivity contribution is 9.10.